The molecule has 0 spiro atoms. The van der Waals surface area contributed by atoms with E-state index in [9.17, 15) is 0 Å². The smallest absolute Gasteiger partial charge is 0.0615 e. The van der Waals surface area contributed by atoms with Gasteiger partial charge in [-0.25, -0.2) is 0 Å². The van der Waals surface area contributed by atoms with E-state index >= 15 is 0 Å². The van der Waals surface area contributed by atoms with Crippen LogP contribution in [0.3, 0.4) is 0 Å². The first-order valence-electron chi connectivity index (χ1n) is 5.24. The lowest BCUT2D eigenvalue weighted by atomic mass is 9.99. The number of thioether (sulfide) groups is 1. The summed E-state index contributed by atoms with van der Waals surface area (Å²) in [5.41, 5.74) is 0. The van der Waals surface area contributed by atoms with Gasteiger partial charge in [-0.1, -0.05) is 0 Å². The molecule has 2 nitrogen and oxygen atoms in total. The maximum Gasteiger partial charge on any atom is 0.0615 e. The molecule has 0 amide bonds. The molecule has 2 saturated heterocycles. The lowest BCUT2D eigenvalue weighted by Gasteiger charge is -2.15. The van der Waals surface area contributed by atoms with Gasteiger partial charge in [0.05, 0.1) is 6.61 Å². The Labute approximate surface area is 84.8 Å². The molecule has 76 valence electrons. The van der Waals surface area contributed by atoms with E-state index < -0.39 is 0 Å². The van der Waals surface area contributed by atoms with E-state index in [0.29, 0.717) is 6.04 Å². The highest BCUT2D eigenvalue weighted by molar-refractivity contribution is 8.00. The lowest BCUT2D eigenvalue weighted by Crippen LogP contribution is -2.25. The molecule has 2 aliphatic rings. The Morgan fingerprint density at radius 1 is 1.54 bits per heavy atom. The van der Waals surface area contributed by atoms with Gasteiger partial charge in [0.15, 0.2) is 0 Å². The summed E-state index contributed by atoms with van der Waals surface area (Å²) in [7, 11) is 1.79. The maximum atomic E-state index is 5.17. The van der Waals surface area contributed by atoms with E-state index in [1.807, 2.05) is 0 Å². The Kier molecular flexibility index (Phi) is 3.52. The van der Waals surface area contributed by atoms with Crippen molar-refractivity contribution >= 4 is 11.8 Å². The summed E-state index contributed by atoms with van der Waals surface area (Å²) in [6.07, 6.45) is 4.20. The summed E-state index contributed by atoms with van der Waals surface area (Å²) in [5, 5.41) is 4.49. The third-order valence-electron chi connectivity index (χ3n) is 3.11. The van der Waals surface area contributed by atoms with Crippen LogP contribution in [0.2, 0.25) is 0 Å². The molecule has 2 heterocycles. The van der Waals surface area contributed by atoms with Gasteiger partial charge in [-0.2, -0.15) is 11.8 Å². The summed E-state index contributed by atoms with van der Waals surface area (Å²) in [5.74, 6) is 2.29. The molecule has 3 heteroatoms. The quantitative estimate of drug-likeness (QED) is 0.748. The van der Waals surface area contributed by atoms with Crippen LogP contribution >= 0.6 is 11.8 Å². The van der Waals surface area contributed by atoms with Crippen LogP contribution in [0.15, 0.2) is 0 Å². The number of rotatable bonds is 3. The van der Waals surface area contributed by atoms with Crippen LogP contribution < -0.4 is 5.32 Å². The average molecular weight is 201 g/mol. The molecule has 0 radical (unpaired) electrons. The molecule has 13 heavy (non-hydrogen) atoms. The SMILES string of the molecule is COCC1CC(C2CCCS2)CN1. The minimum absolute atomic E-state index is 0.621. The van der Waals surface area contributed by atoms with Crippen molar-refractivity contribution in [2.45, 2.75) is 30.6 Å². The van der Waals surface area contributed by atoms with Gasteiger partial charge in [0.1, 0.15) is 0 Å². The van der Waals surface area contributed by atoms with Crippen molar-refractivity contribution < 1.29 is 4.74 Å². The van der Waals surface area contributed by atoms with Crippen LogP contribution in [-0.4, -0.2) is 37.3 Å². The fraction of sp³-hybridized carbons (Fsp3) is 1.00. The Morgan fingerprint density at radius 3 is 3.15 bits per heavy atom. The molecule has 3 atom stereocenters. The fourth-order valence-corrected chi connectivity index (χ4v) is 3.88. The van der Waals surface area contributed by atoms with Gasteiger partial charge in [-0.3, -0.25) is 0 Å². The minimum atomic E-state index is 0.621. The van der Waals surface area contributed by atoms with Gasteiger partial charge < -0.3 is 10.1 Å². The van der Waals surface area contributed by atoms with Crippen LogP contribution in [-0.2, 0) is 4.74 Å². The average Bonchev–Trinajstić information content (AvgIpc) is 2.70. The van der Waals surface area contributed by atoms with Gasteiger partial charge in [-0.05, 0) is 37.5 Å². The third-order valence-corrected chi connectivity index (χ3v) is 4.69. The van der Waals surface area contributed by atoms with Gasteiger partial charge in [0.2, 0.25) is 0 Å². The van der Waals surface area contributed by atoms with Gasteiger partial charge in [0, 0.05) is 18.4 Å². The molecule has 0 aliphatic carbocycles. The zero-order chi connectivity index (χ0) is 9.10. The minimum Gasteiger partial charge on any atom is -0.383 e. The zero-order valence-electron chi connectivity index (χ0n) is 8.29. The van der Waals surface area contributed by atoms with Gasteiger partial charge >= 0.3 is 0 Å². The van der Waals surface area contributed by atoms with Crippen molar-refractivity contribution in [2.24, 2.45) is 5.92 Å². The van der Waals surface area contributed by atoms with Crippen molar-refractivity contribution in [1.29, 1.82) is 0 Å². The highest BCUT2D eigenvalue weighted by Crippen LogP contribution is 2.35. The highest BCUT2D eigenvalue weighted by atomic mass is 32.2. The number of methoxy groups -OCH3 is 1. The lowest BCUT2D eigenvalue weighted by molar-refractivity contribution is 0.172. The summed E-state index contributed by atoms with van der Waals surface area (Å²) in [6.45, 7) is 2.10. The molecule has 0 aromatic rings. The van der Waals surface area contributed by atoms with E-state index in [4.69, 9.17) is 4.74 Å². The molecule has 2 aliphatic heterocycles. The topological polar surface area (TPSA) is 21.3 Å². The molecule has 3 unspecified atom stereocenters. The second-order valence-electron chi connectivity index (χ2n) is 4.11. The molecule has 0 bridgehead atoms. The predicted octanol–water partition coefficient (Wildman–Crippen LogP) is 1.51. The number of hydrogen-bond acceptors (Lipinski definition) is 3. The van der Waals surface area contributed by atoms with E-state index in [1.54, 1.807) is 7.11 Å². The summed E-state index contributed by atoms with van der Waals surface area (Å²) < 4.78 is 5.17. The van der Waals surface area contributed by atoms with Gasteiger partial charge in [-0.15, -0.1) is 0 Å². The normalized spacial score (nSPS) is 39.9. The van der Waals surface area contributed by atoms with Gasteiger partial charge in [0.25, 0.3) is 0 Å². The molecule has 2 rings (SSSR count). The summed E-state index contributed by atoms with van der Waals surface area (Å²) in [6, 6.07) is 0.621. The van der Waals surface area contributed by atoms with Crippen LogP contribution in [0.5, 0.6) is 0 Å². The van der Waals surface area contributed by atoms with E-state index in [1.165, 1.54) is 31.6 Å². The first-order valence-corrected chi connectivity index (χ1v) is 6.29. The van der Waals surface area contributed by atoms with Crippen molar-refractivity contribution in [3.8, 4) is 0 Å². The van der Waals surface area contributed by atoms with E-state index in [2.05, 4.69) is 17.1 Å². The first kappa shape index (κ1) is 9.81. The third kappa shape index (κ3) is 2.39. The zero-order valence-corrected chi connectivity index (χ0v) is 9.11. The molecular weight excluding hydrogens is 182 g/mol. The summed E-state index contributed by atoms with van der Waals surface area (Å²) in [4.78, 5) is 0. The maximum absolute atomic E-state index is 5.17. The fourth-order valence-electron chi connectivity index (χ4n) is 2.44. The first-order chi connectivity index (χ1) is 6.40. The molecule has 1 N–H and O–H groups in total. The Balaban J connectivity index is 1.76. The molecule has 0 saturated carbocycles. The second kappa shape index (κ2) is 4.67. The van der Waals surface area contributed by atoms with Crippen LogP contribution in [0.1, 0.15) is 19.3 Å². The summed E-state index contributed by atoms with van der Waals surface area (Å²) >= 11 is 2.18. The van der Waals surface area contributed by atoms with E-state index in [-0.39, 0.29) is 0 Å². The molecular formula is C10H19NOS. The Bertz CT molecular complexity index is 159. The standard InChI is InChI=1S/C10H19NOS/c1-12-7-9-5-8(6-11-9)10-3-2-4-13-10/h8-11H,2-7H2,1H3. The van der Waals surface area contributed by atoms with Crippen LogP contribution in [0, 0.1) is 5.92 Å². The van der Waals surface area contributed by atoms with Crippen molar-refractivity contribution in [3.05, 3.63) is 0 Å². The van der Waals surface area contributed by atoms with E-state index in [0.717, 1.165) is 17.8 Å². The monoisotopic (exact) mass is 201 g/mol. The predicted molar refractivity (Wildman–Crippen MR) is 57.3 cm³/mol. The Morgan fingerprint density at radius 2 is 2.46 bits per heavy atom. The van der Waals surface area contributed by atoms with Crippen molar-refractivity contribution in [2.75, 3.05) is 26.0 Å². The van der Waals surface area contributed by atoms with Crippen molar-refractivity contribution in [1.82, 2.24) is 5.32 Å². The largest absolute Gasteiger partial charge is 0.383 e. The van der Waals surface area contributed by atoms with Crippen LogP contribution in [0.4, 0.5) is 0 Å². The second-order valence-corrected chi connectivity index (χ2v) is 5.45. The van der Waals surface area contributed by atoms with Crippen molar-refractivity contribution in [3.63, 3.8) is 0 Å². The molecule has 2 fully saturated rings. The number of nitrogens with one attached hydrogen (secondary N) is 1. The highest BCUT2D eigenvalue weighted by Gasteiger charge is 2.32. The molecule has 0 aromatic heterocycles. The van der Waals surface area contributed by atoms with Crippen LogP contribution in [0.25, 0.3) is 0 Å². The number of ether oxygens (including phenoxy) is 1. The molecule has 0 aromatic carbocycles. The number of hydrogen-bond donors (Lipinski definition) is 1. The Hall–Kier alpha value is 0.270.